The highest BCUT2D eigenvalue weighted by molar-refractivity contribution is 7.99. The quantitative estimate of drug-likeness (QED) is 0.617. The highest BCUT2D eigenvalue weighted by atomic mass is 35.5. The van der Waals surface area contributed by atoms with Crippen LogP contribution in [-0.2, 0) is 4.79 Å². The molecule has 1 N–H and O–H groups in total. The molecule has 0 aliphatic heterocycles. The number of ketones is 1. The zero-order valence-corrected chi connectivity index (χ0v) is 13.7. The van der Waals surface area contributed by atoms with Crippen molar-refractivity contribution in [3.63, 3.8) is 0 Å². The second-order valence-corrected chi connectivity index (χ2v) is 6.26. The van der Waals surface area contributed by atoms with Crippen LogP contribution in [0.1, 0.15) is 23.7 Å². The molecular formula is C17H16ClNO2S. The molecule has 0 fully saturated rings. The van der Waals surface area contributed by atoms with Gasteiger partial charge in [-0.2, -0.15) is 0 Å². The Hall–Kier alpha value is -1.78. The molecule has 2 aromatic carbocycles. The Morgan fingerprint density at radius 2 is 1.91 bits per heavy atom. The van der Waals surface area contributed by atoms with Crippen molar-refractivity contribution >= 4 is 40.7 Å². The zero-order valence-electron chi connectivity index (χ0n) is 12.1. The largest absolute Gasteiger partial charge is 0.326 e. The number of rotatable bonds is 6. The summed E-state index contributed by atoms with van der Waals surface area (Å²) in [4.78, 5) is 24.2. The number of carbonyl (C=O) groups excluding carboxylic acids is 2. The van der Waals surface area contributed by atoms with E-state index in [-0.39, 0.29) is 11.7 Å². The van der Waals surface area contributed by atoms with Gasteiger partial charge < -0.3 is 5.32 Å². The van der Waals surface area contributed by atoms with Crippen molar-refractivity contribution in [2.45, 2.75) is 18.2 Å². The highest BCUT2D eigenvalue weighted by Crippen LogP contribution is 2.27. The molecule has 0 atom stereocenters. The highest BCUT2D eigenvalue weighted by Gasteiger charge is 2.06. The van der Waals surface area contributed by atoms with Crippen LogP contribution in [0.15, 0.2) is 53.4 Å². The molecule has 0 unspecified atom stereocenters. The number of halogens is 1. The van der Waals surface area contributed by atoms with Gasteiger partial charge >= 0.3 is 0 Å². The van der Waals surface area contributed by atoms with Gasteiger partial charge in [0, 0.05) is 28.3 Å². The molecule has 0 heterocycles. The van der Waals surface area contributed by atoms with Gasteiger partial charge in [-0.1, -0.05) is 35.9 Å². The van der Waals surface area contributed by atoms with E-state index in [1.807, 2.05) is 24.3 Å². The van der Waals surface area contributed by atoms with Crippen LogP contribution < -0.4 is 5.32 Å². The first-order valence-electron chi connectivity index (χ1n) is 6.84. The van der Waals surface area contributed by atoms with Crippen LogP contribution in [0.4, 0.5) is 5.69 Å². The molecule has 5 heteroatoms. The molecule has 0 spiro atoms. The predicted molar refractivity (Wildman–Crippen MR) is 91.9 cm³/mol. The molecule has 0 aliphatic carbocycles. The van der Waals surface area contributed by atoms with Gasteiger partial charge in [-0.25, -0.2) is 0 Å². The SMILES string of the molecule is CC(=O)c1cccc(NC(=O)CCSc2ccccc2Cl)c1. The molecule has 0 radical (unpaired) electrons. The van der Waals surface area contributed by atoms with Crippen LogP contribution >= 0.6 is 23.4 Å². The zero-order chi connectivity index (χ0) is 15.9. The molecular weight excluding hydrogens is 318 g/mol. The summed E-state index contributed by atoms with van der Waals surface area (Å²) < 4.78 is 0. The van der Waals surface area contributed by atoms with E-state index < -0.39 is 0 Å². The predicted octanol–water partition coefficient (Wildman–Crippen LogP) is 4.66. The Kier molecular flexibility index (Phi) is 6.04. The van der Waals surface area contributed by atoms with Gasteiger partial charge in [-0.05, 0) is 31.2 Å². The van der Waals surface area contributed by atoms with Gasteiger partial charge in [0.1, 0.15) is 0 Å². The summed E-state index contributed by atoms with van der Waals surface area (Å²) in [6.45, 7) is 1.50. The van der Waals surface area contributed by atoms with Gasteiger partial charge in [-0.15, -0.1) is 11.8 Å². The van der Waals surface area contributed by atoms with E-state index in [0.717, 1.165) is 4.90 Å². The molecule has 0 saturated heterocycles. The molecule has 0 aromatic heterocycles. The van der Waals surface area contributed by atoms with E-state index in [1.165, 1.54) is 6.92 Å². The number of Topliss-reactive ketones (excluding diaryl/α,β-unsaturated/α-hetero) is 1. The maximum Gasteiger partial charge on any atom is 0.225 e. The first-order chi connectivity index (χ1) is 10.6. The van der Waals surface area contributed by atoms with E-state index in [2.05, 4.69) is 5.32 Å². The Morgan fingerprint density at radius 3 is 2.64 bits per heavy atom. The van der Waals surface area contributed by atoms with Gasteiger partial charge in [-0.3, -0.25) is 9.59 Å². The number of nitrogens with one attached hydrogen (secondary N) is 1. The summed E-state index contributed by atoms with van der Waals surface area (Å²) in [6.07, 6.45) is 0.375. The fraction of sp³-hybridized carbons (Fsp3) is 0.176. The van der Waals surface area contributed by atoms with E-state index in [9.17, 15) is 9.59 Å². The van der Waals surface area contributed by atoms with Crippen molar-refractivity contribution in [2.75, 3.05) is 11.1 Å². The van der Waals surface area contributed by atoms with Crippen LogP contribution in [0.25, 0.3) is 0 Å². The first kappa shape index (κ1) is 16.6. The van der Waals surface area contributed by atoms with Crippen molar-refractivity contribution < 1.29 is 9.59 Å². The molecule has 114 valence electrons. The number of amides is 1. The van der Waals surface area contributed by atoms with Gasteiger partial charge in [0.05, 0.1) is 5.02 Å². The lowest BCUT2D eigenvalue weighted by Crippen LogP contribution is -2.12. The van der Waals surface area contributed by atoms with Crippen LogP contribution in [0, 0.1) is 0 Å². The standard InChI is InChI=1S/C17H16ClNO2S/c1-12(20)13-5-4-6-14(11-13)19-17(21)9-10-22-16-8-3-2-7-15(16)18/h2-8,11H,9-10H2,1H3,(H,19,21). The van der Waals surface area contributed by atoms with Crippen LogP contribution in [-0.4, -0.2) is 17.4 Å². The molecule has 3 nitrogen and oxygen atoms in total. The fourth-order valence-electron chi connectivity index (χ4n) is 1.85. The van der Waals surface area contributed by atoms with Crippen molar-refractivity contribution in [1.82, 2.24) is 0 Å². The summed E-state index contributed by atoms with van der Waals surface area (Å²) in [7, 11) is 0. The van der Waals surface area contributed by atoms with Crippen LogP contribution in [0.2, 0.25) is 5.02 Å². The van der Waals surface area contributed by atoms with Crippen molar-refractivity contribution in [3.05, 3.63) is 59.1 Å². The normalized spacial score (nSPS) is 10.3. The minimum absolute atomic E-state index is 0.0228. The molecule has 2 rings (SSSR count). The monoisotopic (exact) mass is 333 g/mol. The van der Waals surface area contributed by atoms with E-state index >= 15 is 0 Å². The van der Waals surface area contributed by atoms with Crippen molar-refractivity contribution in [2.24, 2.45) is 0 Å². The average Bonchev–Trinajstić information content (AvgIpc) is 2.49. The molecule has 1 amide bonds. The number of benzene rings is 2. The topological polar surface area (TPSA) is 46.2 Å². The summed E-state index contributed by atoms with van der Waals surface area (Å²) in [6, 6.07) is 14.5. The smallest absolute Gasteiger partial charge is 0.225 e. The minimum Gasteiger partial charge on any atom is -0.326 e. The summed E-state index contributed by atoms with van der Waals surface area (Å²) in [5, 5.41) is 3.50. The molecule has 0 saturated carbocycles. The summed E-state index contributed by atoms with van der Waals surface area (Å²) in [5.74, 6) is 0.535. The Balaban J connectivity index is 1.84. The number of hydrogen-bond donors (Lipinski definition) is 1. The average molecular weight is 334 g/mol. The molecule has 0 aliphatic rings. The Bertz CT molecular complexity index is 688. The molecule has 0 bridgehead atoms. The maximum absolute atomic E-state index is 11.9. The summed E-state index contributed by atoms with van der Waals surface area (Å²) >= 11 is 7.61. The van der Waals surface area contributed by atoms with Crippen LogP contribution in [0.3, 0.4) is 0 Å². The van der Waals surface area contributed by atoms with Gasteiger partial charge in [0.2, 0.25) is 5.91 Å². The van der Waals surface area contributed by atoms with E-state index in [4.69, 9.17) is 11.6 Å². The number of thioether (sulfide) groups is 1. The third-order valence-electron chi connectivity index (χ3n) is 2.98. The summed E-state index contributed by atoms with van der Waals surface area (Å²) in [5.41, 5.74) is 1.23. The number of carbonyl (C=O) groups is 2. The molecule has 22 heavy (non-hydrogen) atoms. The van der Waals surface area contributed by atoms with Gasteiger partial charge in [0.25, 0.3) is 0 Å². The lowest BCUT2D eigenvalue weighted by atomic mass is 10.1. The third kappa shape index (κ3) is 4.90. The second kappa shape index (κ2) is 8.01. The van der Waals surface area contributed by atoms with E-state index in [1.54, 1.807) is 36.0 Å². The van der Waals surface area contributed by atoms with Crippen molar-refractivity contribution in [1.29, 1.82) is 0 Å². The molecule has 2 aromatic rings. The first-order valence-corrected chi connectivity index (χ1v) is 8.21. The van der Waals surface area contributed by atoms with Crippen molar-refractivity contribution in [3.8, 4) is 0 Å². The number of hydrogen-bond acceptors (Lipinski definition) is 3. The lowest BCUT2D eigenvalue weighted by Gasteiger charge is -2.07. The Morgan fingerprint density at radius 1 is 1.14 bits per heavy atom. The number of anilines is 1. The van der Waals surface area contributed by atoms with E-state index in [0.29, 0.717) is 28.4 Å². The third-order valence-corrected chi connectivity index (χ3v) is 4.49. The maximum atomic E-state index is 11.9. The lowest BCUT2D eigenvalue weighted by molar-refractivity contribution is -0.115. The minimum atomic E-state index is -0.0831. The Labute approximate surface area is 139 Å². The second-order valence-electron chi connectivity index (χ2n) is 4.71. The van der Waals surface area contributed by atoms with Gasteiger partial charge in [0.15, 0.2) is 5.78 Å². The fourth-order valence-corrected chi connectivity index (χ4v) is 3.04. The van der Waals surface area contributed by atoms with Crippen LogP contribution in [0.5, 0.6) is 0 Å².